The monoisotopic (exact) mass is 353 g/mol. The molecule has 2 aromatic rings. The maximum atomic E-state index is 12.5. The van der Waals surface area contributed by atoms with Gasteiger partial charge in [0.05, 0.1) is 12.2 Å². The van der Waals surface area contributed by atoms with Crippen LogP contribution in [0.2, 0.25) is 0 Å². The summed E-state index contributed by atoms with van der Waals surface area (Å²) in [5.41, 5.74) is 2.18. The van der Waals surface area contributed by atoms with Crippen LogP contribution in [0.25, 0.3) is 11.3 Å². The molecule has 2 aliphatic rings. The highest BCUT2D eigenvalue weighted by Gasteiger charge is 2.26. The average Bonchev–Trinajstić information content (AvgIpc) is 3.25. The van der Waals surface area contributed by atoms with Crippen LogP contribution in [0, 0.1) is 0 Å². The first kappa shape index (κ1) is 15.7. The van der Waals surface area contributed by atoms with Gasteiger partial charge in [0.25, 0.3) is 0 Å². The predicted octanol–water partition coefficient (Wildman–Crippen LogP) is 2.16. The van der Waals surface area contributed by atoms with E-state index in [1.165, 1.54) is 24.3 Å². The van der Waals surface area contributed by atoms with Gasteiger partial charge < -0.3 is 20.2 Å². The van der Waals surface area contributed by atoms with E-state index >= 15 is 0 Å². The zero-order valence-corrected chi connectivity index (χ0v) is 13.5. The summed E-state index contributed by atoms with van der Waals surface area (Å²) < 4.78 is 2.32. The third kappa shape index (κ3) is 2.63. The lowest BCUT2D eigenvalue weighted by molar-refractivity contribution is 0.0375. The number of nitrogens with zero attached hydrogens (tertiary/aromatic N) is 2. The second-order valence-corrected chi connectivity index (χ2v) is 5.79. The summed E-state index contributed by atoms with van der Waals surface area (Å²) in [7, 11) is 0. The van der Waals surface area contributed by atoms with Crippen molar-refractivity contribution in [3.63, 3.8) is 0 Å². The van der Waals surface area contributed by atoms with Crippen LogP contribution in [-0.4, -0.2) is 35.8 Å². The van der Waals surface area contributed by atoms with Gasteiger partial charge in [0, 0.05) is 23.8 Å². The summed E-state index contributed by atoms with van der Waals surface area (Å²) >= 11 is 0. The van der Waals surface area contributed by atoms with E-state index in [1.54, 1.807) is 4.68 Å². The Morgan fingerprint density at radius 3 is 2.38 bits per heavy atom. The molecule has 1 aromatic heterocycles. The SMILES string of the molecule is O=C(On1c(O)ccc1O)c1[nH]n(Cc2ccccc2)c2cc(O)cc1-2. The van der Waals surface area contributed by atoms with Crippen LogP contribution in [0.1, 0.15) is 16.1 Å². The molecule has 0 saturated carbocycles. The van der Waals surface area contributed by atoms with Crippen molar-refractivity contribution < 1.29 is 25.0 Å². The van der Waals surface area contributed by atoms with E-state index in [2.05, 4.69) is 5.10 Å². The lowest BCUT2D eigenvalue weighted by atomic mass is 10.2. The van der Waals surface area contributed by atoms with Crippen molar-refractivity contribution in [2.24, 2.45) is 0 Å². The van der Waals surface area contributed by atoms with E-state index in [1.807, 2.05) is 30.3 Å². The van der Waals surface area contributed by atoms with Crippen LogP contribution >= 0.6 is 0 Å². The first-order valence-electron chi connectivity index (χ1n) is 7.80. The quantitative estimate of drug-likeness (QED) is 0.449. The minimum Gasteiger partial charge on any atom is -0.508 e. The summed E-state index contributed by atoms with van der Waals surface area (Å²) in [6.45, 7) is 0.452. The molecule has 1 aliphatic carbocycles. The smallest absolute Gasteiger partial charge is 0.382 e. The van der Waals surface area contributed by atoms with Crippen molar-refractivity contribution in [2.45, 2.75) is 6.54 Å². The van der Waals surface area contributed by atoms with Crippen LogP contribution in [0.4, 0.5) is 0 Å². The van der Waals surface area contributed by atoms with Gasteiger partial charge in [-0.15, -0.1) is 4.73 Å². The molecule has 0 atom stereocenters. The van der Waals surface area contributed by atoms with Crippen LogP contribution in [-0.2, 0) is 6.54 Å². The normalized spacial score (nSPS) is 11.1. The van der Waals surface area contributed by atoms with E-state index in [0.29, 0.717) is 22.5 Å². The molecule has 1 aliphatic heterocycles. The molecule has 0 saturated heterocycles. The van der Waals surface area contributed by atoms with E-state index in [-0.39, 0.29) is 11.4 Å². The number of aromatic amines is 1. The van der Waals surface area contributed by atoms with Gasteiger partial charge in [-0.05, 0) is 11.6 Å². The van der Waals surface area contributed by atoms with E-state index < -0.39 is 17.7 Å². The molecule has 4 rings (SSSR count). The fourth-order valence-electron chi connectivity index (χ4n) is 2.83. The zero-order chi connectivity index (χ0) is 18.3. The fourth-order valence-corrected chi connectivity index (χ4v) is 2.83. The van der Waals surface area contributed by atoms with Crippen LogP contribution in [0.3, 0.4) is 0 Å². The number of hydrogen-bond acceptors (Lipinski definition) is 5. The Bertz CT molecular complexity index is 1020. The van der Waals surface area contributed by atoms with Crippen LogP contribution < -0.4 is 4.84 Å². The number of aromatic nitrogens is 3. The van der Waals surface area contributed by atoms with Crippen molar-refractivity contribution in [3.8, 4) is 28.8 Å². The molecule has 132 valence electrons. The van der Waals surface area contributed by atoms with Gasteiger partial charge in [-0.25, -0.2) is 4.79 Å². The molecule has 26 heavy (non-hydrogen) atoms. The Balaban J connectivity index is 1.70. The van der Waals surface area contributed by atoms with Crippen molar-refractivity contribution in [2.75, 3.05) is 0 Å². The zero-order valence-electron chi connectivity index (χ0n) is 13.5. The molecule has 0 amide bonds. The van der Waals surface area contributed by atoms with Crippen LogP contribution in [0.5, 0.6) is 17.5 Å². The molecule has 0 radical (unpaired) electrons. The number of carbonyl (C=O) groups excluding carboxylic acids is 1. The molecule has 4 N–H and O–H groups in total. The Hall–Kier alpha value is -3.81. The number of rotatable bonds is 4. The first-order chi connectivity index (χ1) is 12.5. The molecule has 0 unspecified atom stereocenters. The summed E-state index contributed by atoms with van der Waals surface area (Å²) in [5.74, 6) is -1.64. The minimum absolute atomic E-state index is 0.0199. The lowest BCUT2D eigenvalue weighted by Crippen LogP contribution is -2.20. The molecular formula is C18H15N3O5. The second kappa shape index (κ2) is 5.92. The number of benzene rings is 1. The van der Waals surface area contributed by atoms with Gasteiger partial charge in [-0.2, -0.15) is 0 Å². The highest BCUT2D eigenvalue weighted by atomic mass is 16.7. The van der Waals surface area contributed by atoms with Gasteiger partial charge in [0.15, 0.2) is 5.69 Å². The van der Waals surface area contributed by atoms with Gasteiger partial charge >= 0.3 is 5.97 Å². The topological polar surface area (TPSA) is 113 Å². The standard InChI is InChI=1S/C18H15N3O5/c22-12-8-13-14(9-12)20(10-11-4-2-1-3-5-11)19-17(13)18(25)26-21-15(23)6-7-16(21)24/h1-9,19,22-24H,10H2. The maximum Gasteiger partial charge on any atom is 0.382 e. The Morgan fingerprint density at radius 1 is 1.00 bits per heavy atom. The van der Waals surface area contributed by atoms with Crippen molar-refractivity contribution in [1.82, 2.24) is 14.5 Å². The van der Waals surface area contributed by atoms with Gasteiger partial charge in [0.2, 0.25) is 11.8 Å². The first-order valence-corrected chi connectivity index (χ1v) is 7.80. The molecule has 0 fully saturated rings. The molecule has 0 bridgehead atoms. The number of carbonyl (C=O) groups is 1. The molecule has 8 nitrogen and oxygen atoms in total. The predicted molar refractivity (Wildman–Crippen MR) is 91.3 cm³/mol. The van der Waals surface area contributed by atoms with E-state index in [4.69, 9.17) is 4.84 Å². The van der Waals surface area contributed by atoms with Crippen LogP contribution in [0.15, 0.2) is 54.6 Å². The van der Waals surface area contributed by atoms with Crippen molar-refractivity contribution in [1.29, 1.82) is 0 Å². The third-order valence-corrected chi connectivity index (χ3v) is 4.02. The van der Waals surface area contributed by atoms with Gasteiger partial charge in [-0.3, -0.25) is 9.78 Å². The highest BCUT2D eigenvalue weighted by molar-refractivity contribution is 5.96. The number of hydrogen-bond donors (Lipinski definition) is 4. The highest BCUT2D eigenvalue weighted by Crippen LogP contribution is 2.34. The number of H-pyrrole nitrogens is 1. The number of fused-ring (bicyclic) bond motifs is 1. The fraction of sp³-hybridized carbons (Fsp3) is 0.0556. The molecular weight excluding hydrogens is 338 g/mol. The molecule has 0 spiro atoms. The number of nitrogens with one attached hydrogen (secondary N) is 1. The Labute approximate surface area is 147 Å². The summed E-state index contributed by atoms with van der Waals surface area (Å²) in [5, 5.41) is 32.0. The molecule has 1 aromatic carbocycles. The molecule has 8 heteroatoms. The average molecular weight is 353 g/mol. The van der Waals surface area contributed by atoms with Crippen molar-refractivity contribution in [3.05, 3.63) is 65.9 Å². The van der Waals surface area contributed by atoms with E-state index in [9.17, 15) is 20.1 Å². The minimum atomic E-state index is -0.825. The van der Waals surface area contributed by atoms with Gasteiger partial charge in [0.1, 0.15) is 5.75 Å². The summed E-state index contributed by atoms with van der Waals surface area (Å²) in [6.07, 6.45) is 0. The second-order valence-electron chi connectivity index (χ2n) is 5.79. The lowest BCUT2D eigenvalue weighted by Gasteiger charge is -2.06. The maximum absolute atomic E-state index is 12.5. The summed E-state index contributed by atoms with van der Waals surface area (Å²) in [4.78, 5) is 17.5. The Kier molecular flexibility index (Phi) is 3.58. The Morgan fingerprint density at radius 2 is 1.69 bits per heavy atom. The third-order valence-electron chi connectivity index (χ3n) is 4.02. The molecule has 2 heterocycles. The largest absolute Gasteiger partial charge is 0.508 e. The number of aromatic hydroxyl groups is 3. The van der Waals surface area contributed by atoms with Crippen molar-refractivity contribution >= 4 is 5.97 Å². The van der Waals surface area contributed by atoms with E-state index in [0.717, 1.165) is 5.56 Å². The van der Waals surface area contributed by atoms with Gasteiger partial charge in [-0.1, -0.05) is 30.3 Å². The summed E-state index contributed by atoms with van der Waals surface area (Å²) in [6, 6.07) is 15.0.